The van der Waals surface area contributed by atoms with E-state index in [1.807, 2.05) is 5.32 Å². The fourth-order valence-electron chi connectivity index (χ4n) is 2.18. The second-order valence-electron chi connectivity index (χ2n) is 6.30. The topological polar surface area (TPSA) is 159 Å². The van der Waals surface area contributed by atoms with Gasteiger partial charge in [0.15, 0.2) is 12.2 Å². The second kappa shape index (κ2) is 14.0. The van der Waals surface area contributed by atoms with Gasteiger partial charge in [-0.05, 0) is 19.3 Å². The Bertz CT molecular complexity index is 523. The van der Waals surface area contributed by atoms with Crippen LogP contribution in [0.2, 0.25) is 0 Å². The standard InChI is InChI=1S/C18H31NO9/c1-4-7-12(21)19-18(26)16(25)15(24)17(28-14(23)9-6-3)11(20)10-27-13(22)8-5-2/h11,15-17,20,24-25H,4-10H2,1-3H3,(H,19,21,26). The summed E-state index contributed by atoms with van der Waals surface area (Å²) in [6.07, 6.45) is -6.08. The number of nitrogens with one attached hydrogen (secondary N) is 1. The number of carbonyl (C=O) groups excluding carboxylic acids is 4. The molecule has 0 aliphatic heterocycles. The summed E-state index contributed by atoms with van der Waals surface area (Å²) in [6, 6.07) is 0. The van der Waals surface area contributed by atoms with Crippen LogP contribution in [0.5, 0.6) is 0 Å². The van der Waals surface area contributed by atoms with E-state index in [1.54, 1.807) is 20.8 Å². The number of carbonyl (C=O) groups is 4. The van der Waals surface area contributed by atoms with Crippen molar-refractivity contribution < 1.29 is 44.0 Å². The molecule has 0 radical (unpaired) electrons. The zero-order valence-corrected chi connectivity index (χ0v) is 16.6. The molecular weight excluding hydrogens is 374 g/mol. The molecular formula is C18H31NO9. The zero-order valence-electron chi connectivity index (χ0n) is 16.6. The van der Waals surface area contributed by atoms with Crippen molar-refractivity contribution >= 4 is 23.8 Å². The lowest BCUT2D eigenvalue weighted by molar-refractivity contribution is -0.181. The third-order valence-corrected chi connectivity index (χ3v) is 3.64. The Morgan fingerprint density at radius 1 is 0.857 bits per heavy atom. The molecule has 0 heterocycles. The minimum absolute atomic E-state index is 0.0250. The second-order valence-corrected chi connectivity index (χ2v) is 6.30. The minimum atomic E-state index is -2.15. The van der Waals surface area contributed by atoms with E-state index in [1.165, 1.54) is 0 Å². The van der Waals surface area contributed by atoms with Crippen LogP contribution >= 0.6 is 0 Å². The molecule has 0 aromatic heterocycles. The highest BCUT2D eigenvalue weighted by Crippen LogP contribution is 2.13. The van der Waals surface area contributed by atoms with E-state index in [-0.39, 0.29) is 19.3 Å². The number of esters is 2. The molecule has 0 aliphatic carbocycles. The van der Waals surface area contributed by atoms with Crippen molar-refractivity contribution in [3.8, 4) is 0 Å². The van der Waals surface area contributed by atoms with Crippen LogP contribution in [0.25, 0.3) is 0 Å². The molecule has 0 saturated heterocycles. The van der Waals surface area contributed by atoms with E-state index in [0.717, 1.165) is 0 Å². The van der Waals surface area contributed by atoms with Crippen LogP contribution in [-0.2, 0) is 28.7 Å². The average molecular weight is 405 g/mol. The summed E-state index contributed by atoms with van der Waals surface area (Å²) in [5.41, 5.74) is 0. The van der Waals surface area contributed by atoms with Gasteiger partial charge in [0.05, 0.1) is 0 Å². The molecule has 0 aromatic rings. The van der Waals surface area contributed by atoms with Gasteiger partial charge in [0.25, 0.3) is 5.91 Å². The van der Waals surface area contributed by atoms with Crippen LogP contribution in [-0.4, -0.2) is 70.1 Å². The van der Waals surface area contributed by atoms with Gasteiger partial charge in [0, 0.05) is 19.3 Å². The van der Waals surface area contributed by atoms with E-state index in [2.05, 4.69) is 0 Å². The molecule has 4 N–H and O–H groups in total. The summed E-state index contributed by atoms with van der Waals surface area (Å²) >= 11 is 0. The number of hydrogen-bond acceptors (Lipinski definition) is 9. The molecule has 0 aliphatic rings. The Morgan fingerprint density at radius 2 is 1.39 bits per heavy atom. The highest BCUT2D eigenvalue weighted by Gasteiger charge is 2.39. The molecule has 28 heavy (non-hydrogen) atoms. The molecule has 0 rings (SSSR count). The Balaban J connectivity index is 5.13. The van der Waals surface area contributed by atoms with Crippen molar-refractivity contribution in [2.75, 3.05) is 6.61 Å². The Kier molecular flexibility index (Phi) is 13.0. The monoisotopic (exact) mass is 405 g/mol. The van der Waals surface area contributed by atoms with E-state index in [4.69, 9.17) is 9.47 Å². The SMILES string of the molecule is CCCC(=O)NC(=O)C(O)C(O)C(OC(=O)CCC)C(O)COC(=O)CCC. The van der Waals surface area contributed by atoms with Gasteiger partial charge in [-0.3, -0.25) is 24.5 Å². The number of amides is 2. The molecule has 4 unspecified atom stereocenters. The molecule has 10 heteroatoms. The highest BCUT2D eigenvalue weighted by molar-refractivity contribution is 5.97. The van der Waals surface area contributed by atoms with Crippen LogP contribution < -0.4 is 5.32 Å². The summed E-state index contributed by atoms with van der Waals surface area (Å²) < 4.78 is 9.80. The third-order valence-electron chi connectivity index (χ3n) is 3.64. The Labute approximate surface area is 164 Å². The van der Waals surface area contributed by atoms with Gasteiger partial charge >= 0.3 is 11.9 Å². The summed E-state index contributed by atoms with van der Waals surface area (Å²) in [5.74, 6) is -3.22. The lowest BCUT2D eigenvalue weighted by atomic mass is 10.0. The lowest BCUT2D eigenvalue weighted by Gasteiger charge is -2.29. The summed E-state index contributed by atoms with van der Waals surface area (Å²) in [6.45, 7) is 4.57. The fraction of sp³-hybridized carbons (Fsp3) is 0.778. The van der Waals surface area contributed by atoms with Gasteiger partial charge in [0.1, 0.15) is 18.8 Å². The molecule has 0 fully saturated rings. The summed E-state index contributed by atoms with van der Waals surface area (Å²) in [5, 5.41) is 32.3. The largest absolute Gasteiger partial charge is 0.463 e. The van der Waals surface area contributed by atoms with Gasteiger partial charge in [-0.1, -0.05) is 20.8 Å². The maximum atomic E-state index is 11.9. The first-order valence-electron chi connectivity index (χ1n) is 9.40. The van der Waals surface area contributed by atoms with Crippen LogP contribution in [0.3, 0.4) is 0 Å². The smallest absolute Gasteiger partial charge is 0.306 e. The fourth-order valence-corrected chi connectivity index (χ4v) is 2.18. The molecule has 4 atom stereocenters. The van der Waals surface area contributed by atoms with Gasteiger partial charge in [-0.25, -0.2) is 0 Å². The van der Waals surface area contributed by atoms with Crippen molar-refractivity contribution in [1.82, 2.24) is 5.32 Å². The number of imide groups is 1. The molecule has 10 nitrogen and oxygen atoms in total. The van der Waals surface area contributed by atoms with Crippen molar-refractivity contribution in [2.24, 2.45) is 0 Å². The van der Waals surface area contributed by atoms with Crippen LogP contribution in [0, 0.1) is 0 Å². The number of aliphatic hydroxyl groups is 3. The van der Waals surface area contributed by atoms with E-state index < -0.39 is 54.8 Å². The Morgan fingerprint density at radius 3 is 1.93 bits per heavy atom. The molecule has 2 amide bonds. The molecule has 0 aromatic carbocycles. The van der Waals surface area contributed by atoms with Crippen LogP contribution in [0.15, 0.2) is 0 Å². The third kappa shape index (κ3) is 9.77. The van der Waals surface area contributed by atoms with Gasteiger partial charge in [-0.2, -0.15) is 0 Å². The number of aliphatic hydroxyl groups excluding tert-OH is 3. The van der Waals surface area contributed by atoms with Crippen molar-refractivity contribution in [1.29, 1.82) is 0 Å². The lowest BCUT2D eigenvalue weighted by Crippen LogP contribution is -2.54. The predicted octanol–water partition coefficient (Wildman–Crippen LogP) is -0.433. The zero-order chi connectivity index (χ0) is 21.7. The number of hydrogen-bond donors (Lipinski definition) is 4. The maximum Gasteiger partial charge on any atom is 0.306 e. The first-order valence-corrected chi connectivity index (χ1v) is 9.40. The van der Waals surface area contributed by atoms with E-state index >= 15 is 0 Å². The van der Waals surface area contributed by atoms with Gasteiger partial charge in [0.2, 0.25) is 5.91 Å². The summed E-state index contributed by atoms with van der Waals surface area (Å²) in [4.78, 5) is 46.6. The Hall–Kier alpha value is -2.04. The van der Waals surface area contributed by atoms with Crippen LogP contribution in [0.1, 0.15) is 59.3 Å². The minimum Gasteiger partial charge on any atom is -0.463 e. The maximum absolute atomic E-state index is 11.9. The number of ether oxygens (including phenoxy) is 2. The van der Waals surface area contributed by atoms with Crippen molar-refractivity contribution in [3.63, 3.8) is 0 Å². The van der Waals surface area contributed by atoms with Gasteiger partial charge < -0.3 is 24.8 Å². The van der Waals surface area contributed by atoms with E-state index in [9.17, 15) is 34.5 Å². The molecule has 0 spiro atoms. The number of rotatable bonds is 13. The predicted molar refractivity (Wildman–Crippen MR) is 96.7 cm³/mol. The van der Waals surface area contributed by atoms with Gasteiger partial charge in [-0.15, -0.1) is 0 Å². The first-order chi connectivity index (χ1) is 13.2. The van der Waals surface area contributed by atoms with Crippen molar-refractivity contribution in [2.45, 2.75) is 83.7 Å². The first kappa shape index (κ1) is 26.0. The van der Waals surface area contributed by atoms with E-state index in [0.29, 0.717) is 19.3 Å². The molecule has 162 valence electrons. The molecule has 0 saturated carbocycles. The van der Waals surface area contributed by atoms with Crippen molar-refractivity contribution in [3.05, 3.63) is 0 Å². The average Bonchev–Trinajstić information content (AvgIpc) is 2.63. The quantitative estimate of drug-likeness (QED) is 0.298. The van der Waals surface area contributed by atoms with Crippen LogP contribution in [0.4, 0.5) is 0 Å². The highest BCUT2D eigenvalue weighted by atomic mass is 16.6. The summed E-state index contributed by atoms with van der Waals surface area (Å²) in [7, 11) is 0. The molecule has 0 bridgehead atoms. The normalized spacial score (nSPS) is 15.1.